The second-order valence-electron chi connectivity index (χ2n) is 10.5. The first-order valence-electron chi connectivity index (χ1n) is 14.4. The molecule has 0 radical (unpaired) electrons. The van der Waals surface area contributed by atoms with Crippen LogP contribution in [-0.2, 0) is 6.54 Å². The Morgan fingerprint density at radius 1 is 0.975 bits per heavy atom. The van der Waals surface area contributed by atoms with Crippen molar-refractivity contribution in [2.24, 2.45) is 0 Å². The number of carbonyl (C=O) groups excluding carboxylic acids is 1. The summed E-state index contributed by atoms with van der Waals surface area (Å²) in [5.74, 6) is 0.756. The van der Waals surface area contributed by atoms with Crippen molar-refractivity contribution in [1.29, 1.82) is 0 Å². The fourth-order valence-electron chi connectivity index (χ4n) is 5.41. The van der Waals surface area contributed by atoms with Crippen LogP contribution in [0.2, 0.25) is 0 Å². The Morgan fingerprint density at radius 3 is 2.55 bits per heavy atom. The average Bonchev–Trinajstić information content (AvgIpc) is 3.01. The lowest BCUT2D eigenvalue weighted by Gasteiger charge is -2.22. The van der Waals surface area contributed by atoms with Crippen LogP contribution in [0.3, 0.4) is 0 Å². The van der Waals surface area contributed by atoms with Gasteiger partial charge in [0.15, 0.2) is 0 Å². The molecule has 40 heavy (non-hydrogen) atoms. The van der Waals surface area contributed by atoms with Gasteiger partial charge in [-0.2, -0.15) is 0 Å². The minimum Gasteiger partial charge on any atom is -0.494 e. The predicted octanol–water partition coefficient (Wildman–Crippen LogP) is 5.65. The molecule has 1 fully saturated rings. The van der Waals surface area contributed by atoms with Crippen LogP contribution in [0, 0.1) is 0 Å². The lowest BCUT2D eigenvalue weighted by atomic mass is 9.95. The SMILES string of the molecule is O=C(NC1CCCCC1)c1ccc(OCCCNC(CCn2ccc3ccccc3c2=O)c2ccncc2)cc1. The number of hydrogen-bond acceptors (Lipinski definition) is 5. The van der Waals surface area contributed by atoms with Gasteiger partial charge in [0.25, 0.3) is 11.5 Å². The summed E-state index contributed by atoms with van der Waals surface area (Å²) < 4.78 is 7.73. The quantitative estimate of drug-likeness (QED) is 0.228. The molecule has 0 aliphatic heterocycles. The smallest absolute Gasteiger partial charge is 0.258 e. The molecule has 5 rings (SSSR count). The van der Waals surface area contributed by atoms with Gasteiger partial charge in [0.1, 0.15) is 5.75 Å². The van der Waals surface area contributed by atoms with Crippen molar-refractivity contribution >= 4 is 16.7 Å². The summed E-state index contributed by atoms with van der Waals surface area (Å²) in [7, 11) is 0. The predicted molar refractivity (Wildman–Crippen MR) is 159 cm³/mol. The van der Waals surface area contributed by atoms with Gasteiger partial charge in [-0.15, -0.1) is 0 Å². The maximum Gasteiger partial charge on any atom is 0.258 e. The highest BCUT2D eigenvalue weighted by atomic mass is 16.5. The molecule has 7 heteroatoms. The first-order valence-corrected chi connectivity index (χ1v) is 14.4. The van der Waals surface area contributed by atoms with Crippen molar-refractivity contribution in [2.45, 2.75) is 63.6 Å². The molecule has 1 saturated carbocycles. The molecule has 0 saturated heterocycles. The van der Waals surface area contributed by atoms with Crippen LogP contribution in [0.15, 0.2) is 90.1 Å². The zero-order chi connectivity index (χ0) is 27.6. The zero-order valence-corrected chi connectivity index (χ0v) is 22.9. The van der Waals surface area contributed by atoms with Gasteiger partial charge in [0.05, 0.1) is 6.61 Å². The topological polar surface area (TPSA) is 85.2 Å². The van der Waals surface area contributed by atoms with Crippen LogP contribution in [0.4, 0.5) is 0 Å². The molecule has 0 bridgehead atoms. The second-order valence-corrected chi connectivity index (χ2v) is 10.5. The molecule has 0 spiro atoms. The Kier molecular flexibility index (Phi) is 9.59. The number of amides is 1. The fourth-order valence-corrected chi connectivity index (χ4v) is 5.41. The van der Waals surface area contributed by atoms with Gasteiger partial charge in [-0.05, 0) is 91.7 Å². The monoisotopic (exact) mass is 538 g/mol. The normalized spacial score (nSPS) is 14.6. The fraction of sp³-hybridized carbons (Fsp3) is 0.364. The van der Waals surface area contributed by atoms with E-state index >= 15 is 0 Å². The van der Waals surface area contributed by atoms with E-state index in [4.69, 9.17) is 4.74 Å². The molecule has 2 heterocycles. The number of hydrogen-bond donors (Lipinski definition) is 2. The highest BCUT2D eigenvalue weighted by molar-refractivity contribution is 5.94. The van der Waals surface area contributed by atoms with Crippen LogP contribution in [0.1, 0.15) is 66.9 Å². The van der Waals surface area contributed by atoms with E-state index in [1.807, 2.05) is 72.9 Å². The molecule has 2 aromatic carbocycles. The summed E-state index contributed by atoms with van der Waals surface area (Å²) in [6.45, 7) is 1.94. The molecule has 1 atom stereocenters. The second kappa shape index (κ2) is 13.9. The molecule has 1 aliphatic carbocycles. The van der Waals surface area contributed by atoms with Crippen LogP contribution in [0.5, 0.6) is 5.75 Å². The molecular formula is C33H38N4O3. The van der Waals surface area contributed by atoms with Gasteiger partial charge in [-0.25, -0.2) is 0 Å². The van der Waals surface area contributed by atoms with Gasteiger partial charge in [0, 0.05) is 48.2 Å². The van der Waals surface area contributed by atoms with E-state index in [-0.39, 0.29) is 17.5 Å². The summed E-state index contributed by atoms with van der Waals surface area (Å²) in [6, 6.07) is 21.5. The number of fused-ring (bicyclic) bond motifs is 1. The van der Waals surface area contributed by atoms with Gasteiger partial charge in [0.2, 0.25) is 0 Å². The Labute approximate surface area is 235 Å². The standard InChI is InChI=1S/C33H38N4O3/c38-32(36-28-8-2-1-3-9-28)27-11-13-29(14-12-27)40-24-6-19-35-31(26-15-20-34-21-16-26)18-23-37-22-17-25-7-4-5-10-30(25)33(37)39/h4-5,7,10-17,20-22,28,31,35H,1-3,6,8-9,18-19,23-24H2,(H,36,38). The average molecular weight is 539 g/mol. The molecule has 208 valence electrons. The van der Waals surface area contributed by atoms with Crippen LogP contribution in [0.25, 0.3) is 10.8 Å². The van der Waals surface area contributed by atoms with Crippen LogP contribution < -0.4 is 20.9 Å². The number of nitrogens with zero attached hydrogens (tertiary/aromatic N) is 2. The van der Waals surface area contributed by atoms with E-state index in [9.17, 15) is 9.59 Å². The lowest BCUT2D eigenvalue weighted by Crippen LogP contribution is -2.36. The third-order valence-electron chi connectivity index (χ3n) is 7.69. The first kappa shape index (κ1) is 27.6. The van der Waals surface area contributed by atoms with E-state index < -0.39 is 0 Å². The van der Waals surface area contributed by atoms with Crippen molar-refractivity contribution < 1.29 is 9.53 Å². The molecule has 7 nitrogen and oxygen atoms in total. The molecule has 1 unspecified atom stereocenters. The van der Waals surface area contributed by atoms with Gasteiger partial charge in [-0.3, -0.25) is 14.6 Å². The molecule has 2 N–H and O–H groups in total. The number of aryl methyl sites for hydroxylation is 1. The van der Waals surface area contributed by atoms with Crippen molar-refractivity contribution in [3.63, 3.8) is 0 Å². The summed E-state index contributed by atoms with van der Waals surface area (Å²) >= 11 is 0. The Morgan fingerprint density at radius 2 is 1.75 bits per heavy atom. The maximum absolute atomic E-state index is 13.0. The van der Waals surface area contributed by atoms with E-state index in [2.05, 4.69) is 15.6 Å². The van der Waals surface area contributed by atoms with Crippen molar-refractivity contribution in [3.05, 3.63) is 107 Å². The summed E-state index contributed by atoms with van der Waals surface area (Å²) in [5.41, 5.74) is 1.86. The molecule has 2 aromatic heterocycles. The van der Waals surface area contributed by atoms with E-state index in [0.29, 0.717) is 24.8 Å². The number of benzene rings is 2. The third-order valence-corrected chi connectivity index (χ3v) is 7.69. The Hall–Kier alpha value is -3.97. The summed E-state index contributed by atoms with van der Waals surface area (Å²) in [5, 5.41) is 8.50. The number of nitrogens with one attached hydrogen (secondary N) is 2. The minimum atomic E-state index is -0.00393. The number of aromatic nitrogens is 2. The number of ether oxygens (including phenoxy) is 1. The van der Waals surface area contributed by atoms with Crippen molar-refractivity contribution in [3.8, 4) is 5.75 Å². The number of pyridine rings is 2. The van der Waals surface area contributed by atoms with Crippen LogP contribution >= 0.6 is 0 Å². The van der Waals surface area contributed by atoms with Crippen molar-refractivity contribution in [1.82, 2.24) is 20.2 Å². The van der Waals surface area contributed by atoms with Gasteiger partial charge < -0.3 is 19.9 Å². The number of carbonyl (C=O) groups is 1. The molecule has 1 aliphatic rings. The highest BCUT2D eigenvalue weighted by Gasteiger charge is 2.17. The van der Waals surface area contributed by atoms with E-state index in [1.54, 1.807) is 17.0 Å². The molecule has 4 aromatic rings. The summed E-state index contributed by atoms with van der Waals surface area (Å²) in [6.07, 6.45) is 12.9. The molecule has 1 amide bonds. The zero-order valence-electron chi connectivity index (χ0n) is 22.9. The summed E-state index contributed by atoms with van der Waals surface area (Å²) in [4.78, 5) is 29.7. The molecular weight excluding hydrogens is 500 g/mol. The largest absolute Gasteiger partial charge is 0.494 e. The number of rotatable bonds is 12. The third kappa shape index (κ3) is 7.36. The van der Waals surface area contributed by atoms with Gasteiger partial charge in [-0.1, -0.05) is 37.5 Å². The van der Waals surface area contributed by atoms with Gasteiger partial charge >= 0.3 is 0 Å². The minimum absolute atomic E-state index is 0.00393. The first-order chi connectivity index (χ1) is 19.7. The highest BCUT2D eigenvalue weighted by Crippen LogP contribution is 2.20. The van der Waals surface area contributed by atoms with Crippen LogP contribution in [-0.4, -0.2) is 34.7 Å². The Bertz CT molecular complexity index is 1430. The van der Waals surface area contributed by atoms with Crippen molar-refractivity contribution in [2.75, 3.05) is 13.2 Å². The van der Waals surface area contributed by atoms with E-state index in [1.165, 1.54) is 19.3 Å². The maximum atomic E-state index is 13.0. The van der Waals surface area contributed by atoms with E-state index in [0.717, 1.165) is 54.3 Å². The lowest BCUT2D eigenvalue weighted by molar-refractivity contribution is 0.0927. The Balaban J connectivity index is 1.10.